The molecule has 0 aliphatic rings. The van der Waals surface area contributed by atoms with Crippen molar-refractivity contribution in [2.45, 2.75) is 12.5 Å². The molecule has 24 heavy (non-hydrogen) atoms. The number of hydrogen-bond donors (Lipinski definition) is 2. The predicted molar refractivity (Wildman–Crippen MR) is 99.7 cm³/mol. The van der Waals surface area contributed by atoms with Crippen molar-refractivity contribution in [1.82, 2.24) is 0 Å². The molecule has 3 N–H and O–H groups in total. The Balaban J connectivity index is 0.00000208. The quantitative estimate of drug-likeness (QED) is 0.617. The fourth-order valence-corrected chi connectivity index (χ4v) is 2.72. The molecule has 0 saturated carbocycles. The molecule has 0 fully saturated rings. The Bertz CT molecular complexity index is 845. The van der Waals surface area contributed by atoms with Gasteiger partial charge in [0, 0.05) is 28.1 Å². The third-order valence-corrected chi connectivity index (χ3v) is 4.27. The summed E-state index contributed by atoms with van der Waals surface area (Å²) >= 11 is 3.35. The van der Waals surface area contributed by atoms with E-state index in [4.69, 9.17) is 15.3 Å². The molecule has 0 saturated heterocycles. The van der Waals surface area contributed by atoms with Crippen molar-refractivity contribution in [1.29, 1.82) is 0 Å². The maximum atomic E-state index is 12.5. The number of carbonyl (C=O) groups is 1. The number of furan rings is 1. The molecule has 1 aromatic heterocycles. The van der Waals surface area contributed by atoms with E-state index in [9.17, 15) is 4.79 Å². The van der Waals surface area contributed by atoms with E-state index in [1.165, 1.54) is 0 Å². The second kappa shape index (κ2) is 7.94. The van der Waals surface area contributed by atoms with Crippen LogP contribution in [0.15, 0.2) is 57.4 Å². The van der Waals surface area contributed by atoms with Gasteiger partial charge < -0.3 is 15.3 Å². The van der Waals surface area contributed by atoms with Crippen LogP contribution in [0.2, 0.25) is 0 Å². The van der Waals surface area contributed by atoms with Crippen molar-refractivity contribution in [2.24, 2.45) is 5.73 Å². The van der Waals surface area contributed by atoms with Crippen LogP contribution < -0.4 is 5.73 Å². The number of nitrogens with two attached hydrogens (primary N) is 1. The van der Waals surface area contributed by atoms with Crippen LogP contribution in [0.1, 0.15) is 34.1 Å². The zero-order valence-electron chi connectivity index (χ0n) is 12.7. The van der Waals surface area contributed by atoms with Gasteiger partial charge in [-0.1, -0.05) is 22.0 Å². The lowest BCUT2D eigenvalue weighted by Gasteiger charge is -2.09. The van der Waals surface area contributed by atoms with E-state index in [2.05, 4.69) is 15.9 Å². The number of hydrogen-bond acceptors (Lipinski definition) is 4. The van der Waals surface area contributed by atoms with Crippen molar-refractivity contribution in [3.05, 3.63) is 69.9 Å². The van der Waals surface area contributed by atoms with E-state index in [-0.39, 0.29) is 30.8 Å². The standard InChI is InChI=1S/C18H16BrNO3.ClH/c19-14-4-1-11(2-5-14)18(22)17-10-13-9-12(15(20)7-8-21)3-6-16(13)23-17;/h1-6,9-10,15,21H,7-8,20H2;1H. The lowest BCUT2D eigenvalue weighted by atomic mass is 10.0. The first-order valence-electron chi connectivity index (χ1n) is 7.28. The van der Waals surface area contributed by atoms with Gasteiger partial charge in [-0.25, -0.2) is 0 Å². The fraction of sp³-hybridized carbons (Fsp3) is 0.167. The molecule has 0 bridgehead atoms. The maximum absolute atomic E-state index is 12.5. The first-order valence-corrected chi connectivity index (χ1v) is 8.08. The van der Waals surface area contributed by atoms with Gasteiger partial charge in [0.15, 0.2) is 5.76 Å². The Labute approximate surface area is 154 Å². The monoisotopic (exact) mass is 409 g/mol. The Morgan fingerprint density at radius 1 is 1.17 bits per heavy atom. The Morgan fingerprint density at radius 2 is 1.88 bits per heavy atom. The predicted octanol–water partition coefficient (Wildman–Crippen LogP) is 4.23. The van der Waals surface area contributed by atoms with E-state index in [1.54, 1.807) is 24.3 Å². The highest BCUT2D eigenvalue weighted by Gasteiger charge is 2.15. The lowest BCUT2D eigenvalue weighted by molar-refractivity contribution is 0.101. The summed E-state index contributed by atoms with van der Waals surface area (Å²) in [6.45, 7) is 0.0396. The van der Waals surface area contributed by atoms with Gasteiger partial charge in [-0.3, -0.25) is 4.79 Å². The average molecular weight is 411 g/mol. The summed E-state index contributed by atoms with van der Waals surface area (Å²) < 4.78 is 6.58. The number of fused-ring (bicyclic) bond motifs is 1. The number of ketones is 1. The minimum Gasteiger partial charge on any atom is -0.453 e. The summed E-state index contributed by atoms with van der Waals surface area (Å²) in [5.74, 6) is 0.144. The summed E-state index contributed by atoms with van der Waals surface area (Å²) in [5, 5.41) is 9.82. The Hall–Kier alpha value is -1.66. The molecule has 4 nitrogen and oxygen atoms in total. The molecule has 0 radical (unpaired) electrons. The third kappa shape index (κ3) is 3.87. The van der Waals surface area contributed by atoms with E-state index in [0.717, 1.165) is 15.4 Å². The largest absolute Gasteiger partial charge is 0.453 e. The summed E-state index contributed by atoms with van der Waals surface area (Å²) in [7, 11) is 0. The van der Waals surface area contributed by atoms with Crippen LogP contribution in [0.3, 0.4) is 0 Å². The molecule has 6 heteroatoms. The molecule has 0 spiro atoms. The summed E-state index contributed by atoms with van der Waals surface area (Å²) in [5.41, 5.74) is 8.14. The molecular weight excluding hydrogens is 394 g/mol. The van der Waals surface area contributed by atoms with Crippen LogP contribution in [-0.4, -0.2) is 17.5 Å². The van der Waals surface area contributed by atoms with Crippen LogP contribution in [0, 0.1) is 0 Å². The van der Waals surface area contributed by atoms with Crippen LogP contribution in [-0.2, 0) is 0 Å². The molecule has 3 rings (SSSR count). The number of aliphatic hydroxyl groups is 1. The molecule has 2 aromatic carbocycles. The molecule has 0 amide bonds. The highest BCUT2D eigenvalue weighted by Crippen LogP contribution is 2.25. The van der Waals surface area contributed by atoms with E-state index < -0.39 is 0 Å². The van der Waals surface area contributed by atoms with Crippen molar-refractivity contribution < 1.29 is 14.3 Å². The number of carbonyl (C=O) groups excluding carboxylic acids is 1. The molecule has 1 heterocycles. The molecular formula is C18H17BrClNO3. The van der Waals surface area contributed by atoms with Gasteiger partial charge in [0.25, 0.3) is 0 Å². The van der Waals surface area contributed by atoms with Crippen LogP contribution >= 0.6 is 28.3 Å². The van der Waals surface area contributed by atoms with Gasteiger partial charge in [0.2, 0.25) is 5.78 Å². The van der Waals surface area contributed by atoms with Crippen molar-refractivity contribution >= 4 is 45.1 Å². The van der Waals surface area contributed by atoms with Crippen LogP contribution in [0.25, 0.3) is 11.0 Å². The van der Waals surface area contributed by atoms with Crippen molar-refractivity contribution in [3.63, 3.8) is 0 Å². The second-order valence-electron chi connectivity index (χ2n) is 5.36. The maximum Gasteiger partial charge on any atom is 0.228 e. The summed E-state index contributed by atoms with van der Waals surface area (Å²) in [6, 6.07) is 14.2. The van der Waals surface area contributed by atoms with Gasteiger partial charge in [-0.05, 0) is 54.4 Å². The van der Waals surface area contributed by atoms with Gasteiger partial charge in [0.1, 0.15) is 5.58 Å². The third-order valence-electron chi connectivity index (χ3n) is 3.74. The molecule has 126 valence electrons. The normalized spacial score (nSPS) is 12.0. The van der Waals surface area contributed by atoms with Crippen molar-refractivity contribution in [3.8, 4) is 0 Å². The SMILES string of the molecule is Cl.NC(CCO)c1ccc2oc(C(=O)c3ccc(Br)cc3)cc2c1. The van der Waals surface area contributed by atoms with Gasteiger partial charge in [-0.15, -0.1) is 12.4 Å². The Morgan fingerprint density at radius 3 is 2.54 bits per heavy atom. The molecule has 3 aromatic rings. The smallest absolute Gasteiger partial charge is 0.228 e. The second-order valence-corrected chi connectivity index (χ2v) is 6.28. The summed E-state index contributed by atoms with van der Waals surface area (Å²) in [6.07, 6.45) is 0.494. The topological polar surface area (TPSA) is 76.5 Å². The van der Waals surface area contributed by atoms with E-state index >= 15 is 0 Å². The molecule has 1 atom stereocenters. The van der Waals surface area contributed by atoms with Crippen LogP contribution in [0.4, 0.5) is 0 Å². The van der Waals surface area contributed by atoms with E-state index in [1.807, 2.05) is 24.3 Å². The van der Waals surface area contributed by atoms with Crippen molar-refractivity contribution in [2.75, 3.05) is 6.61 Å². The van der Waals surface area contributed by atoms with Gasteiger partial charge in [0.05, 0.1) is 0 Å². The lowest BCUT2D eigenvalue weighted by Crippen LogP contribution is -2.11. The minimum absolute atomic E-state index is 0. The molecule has 0 aliphatic heterocycles. The average Bonchev–Trinajstić information content (AvgIpc) is 2.98. The highest BCUT2D eigenvalue weighted by molar-refractivity contribution is 9.10. The Kier molecular flexibility index (Phi) is 6.18. The summed E-state index contributed by atoms with van der Waals surface area (Å²) in [4.78, 5) is 12.5. The number of benzene rings is 2. The first kappa shape index (κ1) is 18.7. The zero-order valence-corrected chi connectivity index (χ0v) is 15.1. The van der Waals surface area contributed by atoms with Gasteiger partial charge >= 0.3 is 0 Å². The fourth-order valence-electron chi connectivity index (χ4n) is 2.45. The van der Waals surface area contributed by atoms with Gasteiger partial charge in [-0.2, -0.15) is 0 Å². The molecule has 1 unspecified atom stereocenters. The van der Waals surface area contributed by atoms with E-state index in [0.29, 0.717) is 23.3 Å². The number of aliphatic hydroxyl groups excluding tert-OH is 1. The zero-order chi connectivity index (χ0) is 16.4. The number of halogens is 2. The van der Waals surface area contributed by atoms with Crippen LogP contribution in [0.5, 0.6) is 0 Å². The molecule has 0 aliphatic carbocycles. The first-order chi connectivity index (χ1) is 11.1. The highest BCUT2D eigenvalue weighted by atomic mass is 79.9. The minimum atomic E-state index is -0.232. The number of rotatable bonds is 5.